The molecular formula is C8H13BrN4. The van der Waals surface area contributed by atoms with Gasteiger partial charge in [-0.25, -0.2) is 4.98 Å². The third kappa shape index (κ3) is 3.18. The number of hydrogen-bond acceptors (Lipinski definition) is 4. The summed E-state index contributed by atoms with van der Waals surface area (Å²) in [6, 6.07) is 0. The second kappa shape index (κ2) is 4.41. The van der Waals surface area contributed by atoms with Gasteiger partial charge in [0.15, 0.2) is 0 Å². The van der Waals surface area contributed by atoms with Gasteiger partial charge in [0.1, 0.15) is 5.82 Å². The molecule has 0 aliphatic rings. The molecule has 1 rings (SSSR count). The van der Waals surface area contributed by atoms with E-state index in [1.54, 1.807) is 6.20 Å². The van der Waals surface area contributed by atoms with Crippen molar-refractivity contribution in [2.45, 2.75) is 13.8 Å². The Labute approximate surface area is 86.1 Å². The van der Waals surface area contributed by atoms with Gasteiger partial charge in [-0.05, 0) is 21.8 Å². The highest BCUT2D eigenvalue weighted by atomic mass is 79.9. The van der Waals surface area contributed by atoms with Crippen LogP contribution in [-0.4, -0.2) is 16.5 Å². The molecule has 0 radical (unpaired) electrons. The zero-order chi connectivity index (χ0) is 9.84. The summed E-state index contributed by atoms with van der Waals surface area (Å²) in [6.45, 7) is 5.13. The molecule has 0 spiro atoms. The molecule has 0 fully saturated rings. The number of aromatic nitrogens is 2. The number of hydrogen-bond donors (Lipinski definition) is 2. The summed E-state index contributed by atoms with van der Waals surface area (Å²) < 4.78 is 0.836. The van der Waals surface area contributed by atoms with E-state index in [-0.39, 0.29) is 5.95 Å². The maximum Gasteiger partial charge on any atom is 0.221 e. The zero-order valence-corrected chi connectivity index (χ0v) is 9.30. The average molecular weight is 245 g/mol. The van der Waals surface area contributed by atoms with E-state index in [2.05, 4.69) is 45.1 Å². The number of halogens is 1. The van der Waals surface area contributed by atoms with Crippen LogP contribution < -0.4 is 11.1 Å². The van der Waals surface area contributed by atoms with Gasteiger partial charge >= 0.3 is 0 Å². The second-order valence-corrected chi connectivity index (χ2v) is 4.05. The number of nitrogen functional groups attached to an aromatic ring is 1. The van der Waals surface area contributed by atoms with E-state index in [0.29, 0.717) is 5.92 Å². The van der Waals surface area contributed by atoms with Gasteiger partial charge in [0.25, 0.3) is 0 Å². The largest absolute Gasteiger partial charge is 0.369 e. The fourth-order valence-corrected chi connectivity index (χ4v) is 1.14. The van der Waals surface area contributed by atoms with Gasteiger partial charge < -0.3 is 11.1 Å². The van der Waals surface area contributed by atoms with Crippen LogP contribution in [0.1, 0.15) is 13.8 Å². The molecule has 0 aliphatic heterocycles. The molecule has 0 aliphatic carbocycles. The van der Waals surface area contributed by atoms with Crippen LogP contribution in [-0.2, 0) is 0 Å². The van der Waals surface area contributed by atoms with Crippen LogP contribution in [0.4, 0.5) is 11.8 Å². The molecule has 0 saturated heterocycles. The standard InChI is InChI=1S/C8H13BrN4/c1-5(2)3-11-7-6(9)4-12-8(10)13-7/h4-5H,3H2,1-2H3,(H3,10,11,12,13). The topological polar surface area (TPSA) is 63.8 Å². The Morgan fingerprint density at radius 1 is 1.62 bits per heavy atom. The van der Waals surface area contributed by atoms with Crippen molar-refractivity contribution in [1.29, 1.82) is 0 Å². The van der Waals surface area contributed by atoms with Crippen LogP contribution >= 0.6 is 15.9 Å². The highest BCUT2D eigenvalue weighted by Gasteiger charge is 2.02. The van der Waals surface area contributed by atoms with Crippen molar-refractivity contribution in [2.24, 2.45) is 5.92 Å². The molecular weight excluding hydrogens is 232 g/mol. The van der Waals surface area contributed by atoms with Crippen molar-refractivity contribution in [3.63, 3.8) is 0 Å². The highest BCUT2D eigenvalue weighted by Crippen LogP contribution is 2.19. The molecule has 0 bridgehead atoms. The molecule has 0 aromatic carbocycles. The van der Waals surface area contributed by atoms with E-state index in [1.807, 2.05) is 0 Å². The van der Waals surface area contributed by atoms with Crippen LogP contribution in [0.2, 0.25) is 0 Å². The van der Waals surface area contributed by atoms with Crippen molar-refractivity contribution >= 4 is 27.7 Å². The number of rotatable bonds is 3. The molecule has 1 aromatic rings. The maximum atomic E-state index is 5.45. The lowest BCUT2D eigenvalue weighted by Gasteiger charge is -2.09. The lowest BCUT2D eigenvalue weighted by atomic mass is 10.2. The Bertz CT molecular complexity index is 287. The molecule has 72 valence electrons. The number of nitrogens with one attached hydrogen (secondary N) is 1. The van der Waals surface area contributed by atoms with Crippen molar-refractivity contribution in [3.8, 4) is 0 Å². The Morgan fingerprint density at radius 3 is 2.92 bits per heavy atom. The van der Waals surface area contributed by atoms with Gasteiger partial charge in [-0.2, -0.15) is 4.98 Å². The first-order valence-electron chi connectivity index (χ1n) is 4.11. The fourth-order valence-electron chi connectivity index (χ4n) is 0.806. The lowest BCUT2D eigenvalue weighted by molar-refractivity contribution is 0.686. The Hall–Kier alpha value is -0.840. The van der Waals surface area contributed by atoms with Gasteiger partial charge in [-0.3, -0.25) is 0 Å². The van der Waals surface area contributed by atoms with Crippen molar-refractivity contribution in [2.75, 3.05) is 17.6 Å². The van der Waals surface area contributed by atoms with Gasteiger partial charge in [0.2, 0.25) is 5.95 Å². The van der Waals surface area contributed by atoms with E-state index < -0.39 is 0 Å². The van der Waals surface area contributed by atoms with Gasteiger partial charge in [-0.1, -0.05) is 13.8 Å². The van der Waals surface area contributed by atoms with E-state index in [1.165, 1.54) is 0 Å². The summed E-state index contributed by atoms with van der Waals surface area (Å²) >= 11 is 3.34. The van der Waals surface area contributed by atoms with E-state index in [0.717, 1.165) is 16.8 Å². The van der Waals surface area contributed by atoms with Gasteiger partial charge in [0, 0.05) is 12.7 Å². The number of nitrogens with two attached hydrogens (primary N) is 1. The van der Waals surface area contributed by atoms with E-state index in [9.17, 15) is 0 Å². The van der Waals surface area contributed by atoms with E-state index in [4.69, 9.17) is 5.73 Å². The molecule has 4 nitrogen and oxygen atoms in total. The first kappa shape index (κ1) is 10.2. The predicted octanol–water partition coefficient (Wildman–Crippen LogP) is 1.89. The third-order valence-electron chi connectivity index (χ3n) is 1.44. The third-order valence-corrected chi connectivity index (χ3v) is 2.02. The maximum absolute atomic E-state index is 5.45. The summed E-state index contributed by atoms with van der Waals surface area (Å²) in [4.78, 5) is 7.90. The molecule has 0 atom stereocenters. The SMILES string of the molecule is CC(C)CNc1nc(N)ncc1Br. The van der Waals surface area contributed by atoms with Crippen molar-refractivity contribution < 1.29 is 0 Å². The number of nitrogens with zero attached hydrogens (tertiary/aromatic N) is 2. The summed E-state index contributed by atoms with van der Waals surface area (Å²) in [7, 11) is 0. The van der Waals surface area contributed by atoms with Crippen LogP contribution in [0.3, 0.4) is 0 Å². The van der Waals surface area contributed by atoms with Crippen LogP contribution in [0.25, 0.3) is 0 Å². The predicted molar refractivity (Wildman–Crippen MR) is 57.5 cm³/mol. The second-order valence-electron chi connectivity index (χ2n) is 3.20. The Morgan fingerprint density at radius 2 is 2.31 bits per heavy atom. The lowest BCUT2D eigenvalue weighted by Crippen LogP contribution is -2.10. The smallest absolute Gasteiger partial charge is 0.221 e. The first-order valence-corrected chi connectivity index (χ1v) is 4.90. The van der Waals surface area contributed by atoms with Gasteiger partial charge in [0.05, 0.1) is 4.47 Å². The minimum atomic E-state index is 0.287. The highest BCUT2D eigenvalue weighted by molar-refractivity contribution is 9.10. The fraction of sp³-hybridized carbons (Fsp3) is 0.500. The van der Waals surface area contributed by atoms with Crippen LogP contribution in [0.5, 0.6) is 0 Å². The molecule has 0 unspecified atom stereocenters. The minimum absolute atomic E-state index is 0.287. The molecule has 0 amide bonds. The molecule has 5 heteroatoms. The molecule has 3 N–H and O–H groups in total. The van der Waals surface area contributed by atoms with Crippen LogP contribution in [0.15, 0.2) is 10.7 Å². The summed E-state index contributed by atoms with van der Waals surface area (Å²) in [5, 5.41) is 3.18. The normalized spacial score (nSPS) is 10.5. The zero-order valence-electron chi connectivity index (χ0n) is 7.71. The molecule has 13 heavy (non-hydrogen) atoms. The first-order chi connectivity index (χ1) is 6.09. The molecule has 1 heterocycles. The Kier molecular flexibility index (Phi) is 3.48. The quantitative estimate of drug-likeness (QED) is 0.853. The number of anilines is 2. The monoisotopic (exact) mass is 244 g/mol. The average Bonchev–Trinajstić information content (AvgIpc) is 2.06. The van der Waals surface area contributed by atoms with E-state index >= 15 is 0 Å². The molecule has 0 saturated carbocycles. The van der Waals surface area contributed by atoms with Crippen molar-refractivity contribution in [3.05, 3.63) is 10.7 Å². The van der Waals surface area contributed by atoms with Crippen molar-refractivity contribution in [1.82, 2.24) is 9.97 Å². The Balaban J connectivity index is 2.70. The van der Waals surface area contributed by atoms with Gasteiger partial charge in [-0.15, -0.1) is 0 Å². The summed E-state index contributed by atoms with van der Waals surface area (Å²) in [5.41, 5.74) is 5.45. The molecule has 1 aromatic heterocycles. The van der Waals surface area contributed by atoms with Crippen LogP contribution in [0, 0.1) is 5.92 Å². The summed E-state index contributed by atoms with van der Waals surface area (Å²) in [5.74, 6) is 1.61. The minimum Gasteiger partial charge on any atom is -0.369 e. The summed E-state index contributed by atoms with van der Waals surface area (Å²) in [6.07, 6.45) is 1.64.